The van der Waals surface area contributed by atoms with E-state index < -0.39 is 0 Å². The van der Waals surface area contributed by atoms with E-state index in [1.54, 1.807) is 0 Å². The number of hydrogen-bond acceptors (Lipinski definition) is 3. The molecule has 0 saturated carbocycles. The lowest BCUT2D eigenvalue weighted by molar-refractivity contribution is 0.0624. The molecule has 0 atom stereocenters. The molecule has 1 saturated heterocycles. The van der Waals surface area contributed by atoms with E-state index in [0.29, 0.717) is 0 Å². The lowest BCUT2D eigenvalue weighted by atomic mass is 10.1. The van der Waals surface area contributed by atoms with Crippen LogP contribution in [0.15, 0.2) is 72.8 Å². The Morgan fingerprint density at radius 2 is 1.58 bits per heavy atom. The van der Waals surface area contributed by atoms with E-state index in [-0.39, 0.29) is 5.91 Å². The molecule has 5 heteroatoms. The number of para-hydroxylation sites is 2. The normalized spacial score (nSPS) is 14.7. The van der Waals surface area contributed by atoms with Crippen molar-refractivity contribution in [2.75, 3.05) is 26.2 Å². The molecule has 168 valence electrons. The van der Waals surface area contributed by atoms with Crippen LogP contribution in [0, 0.1) is 13.8 Å². The number of fused-ring (bicyclic) bond motifs is 1. The van der Waals surface area contributed by atoms with Gasteiger partial charge in [-0.3, -0.25) is 9.69 Å². The number of carbonyl (C=O) groups excluding carboxylic acids is 1. The molecule has 0 radical (unpaired) electrons. The summed E-state index contributed by atoms with van der Waals surface area (Å²) in [4.78, 5) is 22.2. The summed E-state index contributed by atoms with van der Waals surface area (Å²) in [5, 5.41) is 0. The zero-order chi connectivity index (χ0) is 22.8. The second-order valence-corrected chi connectivity index (χ2v) is 9.03. The summed E-state index contributed by atoms with van der Waals surface area (Å²) in [6, 6.07) is 24.9. The maximum absolute atomic E-state index is 12.9. The lowest BCUT2D eigenvalue weighted by Gasteiger charge is -2.34. The van der Waals surface area contributed by atoms with Crippen LogP contribution in [0.3, 0.4) is 0 Å². The Morgan fingerprint density at radius 1 is 0.818 bits per heavy atom. The van der Waals surface area contributed by atoms with Crippen LogP contribution in [-0.4, -0.2) is 51.4 Å². The largest absolute Gasteiger partial charge is 0.336 e. The quantitative estimate of drug-likeness (QED) is 0.455. The van der Waals surface area contributed by atoms with Gasteiger partial charge in [-0.1, -0.05) is 59.7 Å². The van der Waals surface area contributed by atoms with Gasteiger partial charge in [0.05, 0.1) is 17.6 Å². The van der Waals surface area contributed by atoms with Crippen LogP contribution in [0.25, 0.3) is 11.0 Å². The summed E-state index contributed by atoms with van der Waals surface area (Å²) in [5.41, 5.74) is 6.70. The van der Waals surface area contributed by atoms with Crippen molar-refractivity contribution in [1.82, 2.24) is 19.4 Å². The molecule has 0 aliphatic carbocycles. The number of imidazole rings is 1. The Balaban J connectivity index is 1.31. The molecule has 4 aromatic rings. The minimum absolute atomic E-state index is 0.126. The zero-order valence-corrected chi connectivity index (χ0v) is 19.4. The number of rotatable bonds is 5. The fourth-order valence-electron chi connectivity index (χ4n) is 4.60. The van der Waals surface area contributed by atoms with Gasteiger partial charge in [0.2, 0.25) is 0 Å². The average molecular weight is 439 g/mol. The zero-order valence-electron chi connectivity index (χ0n) is 19.4. The van der Waals surface area contributed by atoms with Gasteiger partial charge in [0, 0.05) is 38.3 Å². The topological polar surface area (TPSA) is 41.4 Å². The first kappa shape index (κ1) is 21.4. The fourth-order valence-corrected chi connectivity index (χ4v) is 4.60. The third-order valence-electron chi connectivity index (χ3n) is 6.48. The van der Waals surface area contributed by atoms with Crippen LogP contribution in [0.2, 0.25) is 0 Å². The van der Waals surface area contributed by atoms with Gasteiger partial charge < -0.3 is 9.47 Å². The summed E-state index contributed by atoms with van der Waals surface area (Å²) in [6.45, 7) is 8.95. The number of benzene rings is 3. The van der Waals surface area contributed by atoms with E-state index in [0.717, 1.165) is 56.2 Å². The van der Waals surface area contributed by atoms with Crippen molar-refractivity contribution in [1.29, 1.82) is 0 Å². The summed E-state index contributed by atoms with van der Waals surface area (Å²) < 4.78 is 2.34. The van der Waals surface area contributed by atoms with Crippen LogP contribution in [0.1, 0.15) is 32.9 Å². The van der Waals surface area contributed by atoms with Crippen molar-refractivity contribution in [3.63, 3.8) is 0 Å². The second kappa shape index (κ2) is 9.20. The summed E-state index contributed by atoms with van der Waals surface area (Å²) >= 11 is 0. The van der Waals surface area contributed by atoms with Crippen LogP contribution < -0.4 is 0 Å². The Bertz CT molecular complexity index is 1270. The molecule has 1 aliphatic rings. The standard InChI is InChI=1S/C28H30N4O/c1-21-10-12-24(13-11-21)28(33)31-16-14-30(15-17-31)20-27-29-25-8-3-4-9-26(25)32(27)19-23-7-5-6-22(2)18-23/h3-13,18H,14-17,19-20H2,1-2H3. The smallest absolute Gasteiger partial charge is 0.253 e. The lowest BCUT2D eigenvalue weighted by Crippen LogP contribution is -2.48. The first-order chi connectivity index (χ1) is 16.1. The molecular formula is C28H30N4O. The van der Waals surface area contributed by atoms with Gasteiger partial charge in [0.25, 0.3) is 5.91 Å². The fraction of sp³-hybridized carbons (Fsp3) is 0.286. The van der Waals surface area contributed by atoms with Gasteiger partial charge in [0.1, 0.15) is 5.82 Å². The molecule has 5 rings (SSSR count). The van der Waals surface area contributed by atoms with E-state index >= 15 is 0 Å². The van der Waals surface area contributed by atoms with E-state index in [9.17, 15) is 4.79 Å². The molecule has 1 amide bonds. The number of aryl methyl sites for hydroxylation is 2. The molecule has 1 aliphatic heterocycles. The van der Waals surface area contributed by atoms with Gasteiger partial charge in [-0.05, 0) is 43.7 Å². The van der Waals surface area contributed by atoms with Gasteiger partial charge >= 0.3 is 0 Å². The van der Waals surface area contributed by atoms with Gasteiger partial charge in [-0.25, -0.2) is 4.98 Å². The van der Waals surface area contributed by atoms with Crippen molar-refractivity contribution < 1.29 is 4.79 Å². The molecule has 33 heavy (non-hydrogen) atoms. The predicted molar refractivity (Wildman–Crippen MR) is 132 cm³/mol. The van der Waals surface area contributed by atoms with Crippen LogP contribution in [-0.2, 0) is 13.1 Å². The highest BCUT2D eigenvalue weighted by Gasteiger charge is 2.23. The van der Waals surface area contributed by atoms with E-state index in [4.69, 9.17) is 4.98 Å². The molecule has 3 aromatic carbocycles. The number of amides is 1. The summed E-state index contributed by atoms with van der Waals surface area (Å²) in [6.07, 6.45) is 0. The third kappa shape index (κ3) is 4.69. The highest BCUT2D eigenvalue weighted by Crippen LogP contribution is 2.20. The van der Waals surface area contributed by atoms with Crippen LogP contribution in [0.4, 0.5) is 0 Å². The highest BCUT2D eigenvalue weighted by atomic mass is 16.2. The van der Waals surface area contributed by atoms with Gasteiger partial charge in [-0.15, -0.1) is 0 Å². The Hall–Kier alpha value is -3.44. The van der Waals surface area contributed by atoms with Crippen LogP contribution in [0.5, 0.6) is 0 Å². The SMILES string of the molecule is Cc1ccc(C(=O)N2CCN(Cc3nc4ccccc4n3Cc3cccc(C)c3)CC2)cc1. The second-order valence-electron chi connectivity index (χ2n) is 9.03. The number of piperazine rings is 1. The number of nitrogens with zero attached hydrogens (tertiary/aromatic N) is 4. The molecule has 0 bridgehead atoms. The Labute approximate surface area is 195 Å². The first-order valence-corrected chi connectivity index (χ1v) is 11.6. The van der Waals surface area contributed by atoms with Crippen molar-refractivity contribution >= 4 is 16.9 Å². The van der Waals surface area contributed by atoms with E-state index in [2.05, 4.69) is 58.9 Å². The molecule has 2 heterocycles. The molecule has 5 nitrogen and oxygen atoms in total. The maximum atomic E-state index is 12.9. The summed E-state index contributed by atoms with van der Waals surface area (Å²) in [7, 11) is 0. The first-order valence-electron chi connectivity index (χ1n) is 11.6. The molecule has 1 aromatic heterocycles. The molecule has 0 unspecified atom stereocenters. The van der Waals surface area contributed by atoms with Crippen molar-refractivity contribution in [3.8, 4) is 0 Å². The molecule has 1 fully saturated rings. The third-order valence-corrected chi connectivity index (χ3v) is 6.48. The van der Waals surface area contributed by atoms with E-state index in [1.165, 1.54) is 22.2 Å². The number of aromatic nitrogens is 2. The molecular weight excluding hydrogens is 408 g/mol. The van der Waals surface area contributed by atoms with Crippen molar-refractivity contribution in [3.05, 3.63) is 101 Å². The van der Waals surface area contributed by atoms with Gasteiger partial charge in [0.15, 0.2) is 0 Å². The summed E-state index contributed by atoms with van der Waals surface area (Å²) in [5.74, 6) is 1.21. The Kier molecular flexibility index (Phi) is 5.97. The number of hydrogen-bond donors (Lipinski definition) is 0. The average Bonchev–Trinajstić information content (AvgIpc) is 3.16. The van der Waals surface area contributed by atoms with Gasteiger partial charge in [-0.2, -0.15) is 0 Å². The maximum Gasteiger partial charge on any atom is 0.253 e. The Morgan fingerprint density at radius 3 is 2.33 bits per heavy atom. The minimum atomic E-state index is 0.126. The van der Waals surface area contributed by atoms with Crippen molar-refractivity contribution in [2.24, 2.45) is 0 Å². The predicted octanol–water partition coefficient (Wildman–Crippen LogP) is 4.66. The number of carbonyl (C=O) groups is 1. The van der Waals surface area contributed by atoms with E-state index in [1.807, 2.05) is 42.2 Å². The van der Waals surface area contributed by atoms with Crippen molar-refractivity contribution in [2.45, 2.75) is 26.9 Å². The molecule has 0 spiro atoms. The van der Waals surface area contributed by atoms with Crippen LogP contribution >= 0.6 is 0 Å². The minimum Gasteiger partial charge on any atom is -0.336 e. The monoisotopic (exact) mass is 438 g/mol. The molecule has 0 N–H and O–H groups in total. The highest BCUT2D eigenvalue weighted by molar-refractivity contribution is 5.94.